The molecule has 0 aliphatic carbocycles. The Labute approximate surface area is 57.8 Å². The van der Waals surface area contributed by atoms with E-state index in [1.54, 1.807) is 0 Å². The van der Waals surface area contributed by atoms with Crippen molar-refractivity contribution in [1.82, 2.24) is 0 Å². The van der Waals surface area contributed by atoms with Gasteiger partial charge in [-0.15, -0.1) is 0 Å². The number of alkyl halides is 5. The van der Waals surface area contributed by atoms with Gasteiger partial charge < -0.3 is 0 Å². The van der Waals surface area contributed by atoms with Crippen LogP contribution in [0.15, 0.2) is 0 Å². The molecule has 0 aromatic heterocycles. The second-order valence-corrected chi connectivity index (χ2v) is 1.74. The quantitative estimate of drug-likeness (QED) is 0.608. The molecule has 0 spiro atoms. The van der Waals surface area contributed by atoms with Crippen LogP contribution >= 0.6 is 0 Å². The Hall–Kier alpha value is -0.460. The fourth-order valence-electron chi connectivity index (χ4n) is 0.368. The summed E-state index contributed by atoms with van der Waals surface area (Å²) in [5.41, 5.74) is 0. The second-order valence-electron chi connectivity index (χ2n) is 1.74. The summed E-state index contributed by atoms with van der Waals surface area (Å²) in [7, 11) is 0. The summed E-state index contributed by atoms with van der Waals surface area (Å²) in [5, 5.41) is 0. The molecule has 0 fully saturated rings. The third kappa shape index (κ3) is 2.96. The van der Waals surface area contributed by atoms with Gasteiger partial charge in [0.1, 0.15) is 12.6 Å². The fraction of sp³-hybridized carbons (Fsp3) is 1.00. The summed E-state index contributed by atoms with van der Waals surface area (Å²) in [6, 6.07) is 0. The average Bonchev–Trinajstić information content (AvgIpc) is 1.86. The van der Waals surface area contributed by atoms with Crippen LogP contribution in [0.25, 0.3) is 0 Å². The van der Waals surface area contributed by atoms with E-state index in [4.69, 9.17) is 0 Å². The zero-order valence-electron chi connectivity index (χ0n) is 5.04. The molecule has 0 heterocycles. The highest BCUT2D eigenvalue weighted by molar-refractivity contribution is 4.68. The maximum absolute atomic E-state index is 11.7. The lowest BCUT2D eigenvalue weighted by Gasteiger charge is -2.16. The zero-order valence-corrected chi connectivity index (χ0v) is 5.04. The van der Waals surface area contributed by atoms with Crippen LogP contribution in [0.2, 0.25) is 0 Å². The largest absolute Gasteiger partial charge is 0.399 e. The van der Waals surface area contributed by atoms with Gasteiger partial charge in [-0.3, -0.25) is 4.39 Å². The van der Waals surface area contributed by atoms with Crippen LogP contribution < -0.4 is 0 Å². The van der Waals surface area contributed by atoms with Gasteiger partial charge in [-0.05, 0) is 4.53 Å². The number of hydrogen-bond acceptors (Lipinski definition) is 1. The third-order valence-electron chi connectivity index (χ3n) is 0.988. The smallest absolute Gasteiger partial charge is 0.250 e. The number of hydrogen-bond donors (Lipinski definition) is 0. The summed E-state index contributed by atoms with van der Waals surface area (Å²) >= 11 is 0. The van der Waals surface area contributed by atoms with Crippen molar-refractivity contribution in [1.29, 1.82) is 0 Å². The summed E-state index contributed by atoms with van der Waals surface area (Å²) in [6.07, 6.45) is -8.42. The number of halogens is 6. The van der Waals surface area contributed by atoms with Crippen molar-refractivity contribution in [3.05, 3.63) is 0 Å². The first-order valence-electron chi connectivity index (χ1n) is 2.47. The molecular weight excluding hydrogens is 178 g/mol. The van der Waals surface area contributed by atoms with Crippen LogP contribution in [-0.4, -0.2) is 19.2 Å². The molecule has 11 heavy (non-hydrogen) atoms. The van der Waals surface area contributed by atoms with Gasteiger partial charge in [0, 0.05) is 0 Å². The molecule has 68 valence electrons. The predicted octanol–water partition coefficient (Wildman–Crippen LogP) is 2.33. The molecule has 1 nitrogen and oxygen atoms in total. The van der Waals surface area contributed by atoms with Crippen LogP contribution in [0, 0.1) is 5.92 Å². The van der Waals surface area contributed by atoms with E-state index in [2.05, 4.69) is 4.94 Å². The van der Waals surface area contributed by atoms with Gasteiger partial charge in [-0.1, -0.05) is 0 Å². The Morgan fingerprint density at radius 2 is 1.73 bits per heavy atom. The Kier molecular flexibility index (Phi) is 3.64. The Bertz CT molecular complexity index is 112. The molecule has 0 rings (SSSR count). The topological polar surface area (TPSA) is 9.23 Å². The van der Waals surface area contributed by atoms with E-state index >= 15 is 0 Å². The molecule has 0 radical (unpaired) electrons. The van der Waals surface area contributed by atoms with Crippen LogP contribution in [0.5, 0.6) is 0 Å². The van der Waals surface area contributed by atoms with Crippen molar-refractivity contribution in [2.45, 2.75) is 12.5 Å². The third-order valence-corrected chi connectivity index (χ3v) is 0.988. The van der Waals surface area contributed by atoms with Crippen LogP contribution in [0.1, 0.15) is 0 Å². The van der Waals surface area contributed by atoms with E-state index in [0.717, 1.165) is 0 Å². The highest BCUT2D eigenvalue weighted by Gasteiger charge is 2.46. The second kappa shape index (κ2) is 3.80. The molecular formula is C4H4F6O. The molecule has 0 aliphatic rings. The predicted molar refractivity (Wildman–Crippen MR) is 22.6 cm³/mol. The lowest BCUT2D eigenvalue weighted by Crippen LogP contribution is -2.33. The minimum atomic E-state index is -5.12. The monoisotopic (exact) mass is 182 g/mol. The molecule has 0 aliphatic heterocycles. The van der Waals surface area contributed by atoms with Gasteiger partial charge in [0.25, 0.3) is 6.36 Å². The van der Waals surface area contributed by atoms with E-state index in [1.807, 2.05) is 0 Å². The first-order chi connectivity index (χ1) is 4.93. The maximum atomic E-state index is 11.7. The molecule has 0 N–H and O–H groups in total. The molecule has 2 atom stereocenters. The molecule has 2 unspecified atom stereocenters. The van der Waals surface area contributed by atoms with Gasteiger partial charge in [0.15, 0.2) is 0 Å². The molecule has 0 aromatic carbocycles. The summed E-state index contributed by atoms with van der Waals surface area (Å²) < 4.78 is 68.2. The molecule has 0 aromatic rings. The van der Waals surface area contributed by atoms with Crippen molar-refractivity contribution in [2.75, 3.05) is 6.67 Å². The van der Waals surface area contributed by atoms with Crippen molar-refractivity contribution < 1.29 is 31.4 Å². The average molecular weight is 182 g/mol. The van der Waals surface area contributed by atoms with Gasteiger partial charge in [0.05, 0.1) is 0 Å². The Morgan fingerprint density at radius 3 is 1.82 bits per heavy atom. The van der Waals surface area contributed by atoms with Crippen molar-refractivity contribution in [3.8, 4) is 0 Å². The van der Waals surface area contributed by atoms with E-state index in [0.29, 0.717) is 0 Å². The first kappa shape index (κ1) is 10.5. The molecule has 0 saturated carbocycles. The fourth-order valence-corrected chi connectivity index (χ4v) is 0.368. The first-order valence-corrected chi connectivity index (χ1v) is 2.47. The SMILES string of the molecule is FCC(C(F)OF)C(F)(F)F. The van der Waals surface area contributed by atoms with Gasteiger partial charge in [0.2, 0.25) is 0 Å². The van der Waals surface area contributed by atoms with Crippen molar-refractivity contribution in [3.63, 3.8) is 0 Å². The highest BCUT2D eigenvalue weighted by atomic mass is 19.4. The minimum absolute atomic E-state index is 2.05. The normalized spacial score (nSPS) is 18.0. The van der Waals surface area contributed by atoms with Gasteiger partial charge >= 0.3 is 6.18 Å². The maximum Gasteiger partial charge on any atom is 0.399 e. The van der Waals surface area contributed by atoms with E-state index in [-0.39, 0.29) is 0 Å². The molecule has 0 amide bonds. The Morgan fingerprint density at radius 1 is 1.27 bits per heavy atom. The van der Waals surface area contributed by atoms with Crippen molar-refractivity contribution >= 4 is 0 Å². The summed E-state index contributed by atoms with van der Waals surface area (Å²) in [6.45, 7) is -2.05. The van der Waals surface area contributed by atoms with Gasteiger partial charge in [-0.25, -0.2) is 4.39 Å². The summed E-state index contributed by atoms with van der Waals surface area (Å²) in [4.78, 5) is 2.20. The molecule has 7 heteroatoms. The summed E-state index contributed by atoms with van der Waals surface area (Å²) in [5.74, 6) is -3.05. The van der Waals surface area contributed by atoms with E-state index < -0.39 is 25.1 Å². The molecule has 0 bridgehead atoms. The van der Waals surface area contributed by atoms with Crippen LogP contribution in [-0.2, 0) is 4.94 Å². The zero-order chi connectivity index (χ0) is 9.07. The standard InChI is InChI=1S/C4H4F6O/c5-1-2(3(6)11-10)4(7,8)9/h2-3H,1H2. The van der Waals surface area contributed by atoms with E-state index in [1.165, 1.54) is 0 Å². The van der Waals surface area contributed by atoms with Crippen LogP contribution in [0.3, 0.4) is 0 Å². The molecule has 0 saturated heterocycles. The lowest BCUT2D eigenvalue weighted by atomic mass is 10.1. The van der Waals surface area contributed by atoms with Crippen LogP contribution in [0.4, 0.5) is 26.5 Å². The van der Waals surface area contributed by atoms with E-state index in [9.17, 15) is 26.5 Å². The lowest BCUT2D eigenvalue weighted by molar-refractivity contribution is -0.298. The van der Waals surface area contributed by atoms with Crippen molar-refractivity contribution in [2.24, 2.45) is 5.92 Å². The highest BCUT2D eigenvalue weighted by Crippen LogP contribution is 2.31. The number of rotatable bonds is 3. The Balaban J connectivity index is 4.16. The minimum Gasteiger partial charge on any atom is -0.250 e. The van der Waals surface area contributed by atoms with Gasteiger partial charge in [-0.2, -0.15) is 18.1 Å².